The van der Waals surface area contributed by atoms with Crippen LogP contribution in [0.25, 0.3) is 0 Å². The molecule has 160 valence electrons. The molecular weight excluding hydrogens is 390 g/mol. The molecule has 2 saturated heterocycles. The maximum Gasteiger partial charge on any atom is 0.310 e. The molecule has 0 spiro atoms. The number of halogens is 1. The summed E-state index contributed by atoms with van der Waals surface area (Å²) < 4.78 is 10.6. The molecule has 0 aliphatic carbocycles. The monoisotopic (exact) mass is 421 g/mol. The molecular formula is C22H32ClN3O3. The molecule has 0 bridgehead atoms. The number of aliphatic imine (C=N–C) groups is 1. The van der Waals surface area contributed by atoms with Crippen LogP contribution in [0.2, 0.25) is 5.02 Å². The van der Waals surface area contributed by atoms with E-state index < -0.39 is 0 Å². The van der Waals surface area contributed by atoms with E-state index in [-0.39, 0.29) is 23.2 Å². The summed E-state index contributed by atoms with van der Waals surface area (Å²) in [6, 6.07) is 8.06. The predicted octanol–water partition coefficient (Wildman–Crippen LogP) is 3.09. The lowest BCUT2D eigenvalue weighted by atomic mass is 9.74. The average Bonchev–Trinajstić information content (AvgIpc) is 3.13. The Morgan fingerprint density at radius 2 is 2.07 bits per heavy atom. The number of hydrogen-bond acceptors (Lipinski definition) is 4. The van der Waals surface area contributed by atoms with E-state index in [4.69, 9.17) is 26.1 Å². The van der Waals surface area contributed by atoms with Crippen molar-refractivity contribution in [1.29, 1.82) is 0 Å². The molecule has 2 fully saturated rings. The van der Waals surface area contributed by atoms with E-state index in [0.29, 0.717) is 26.3 Å². The zero-order valence-corrected chi connectivity index (χ0v) is 18.4. The molecule has 0 aromatic heterocycles. The van der Waals surface area contributed by atoms with Crippen LogP contribution >= 0.6 is 11.6 Å². The third-order valence-corrected chi connectivity index (χ3v) is 6.51. The SMILES string of the molecule is CCNC(=NCC1(c2ccccc2Cl)CCOCC1)N1CC(C)C(C(=O)OC)C1. The van der Waals surface area contributed by atoms with E-state index in [0.717, 1.165) is 42.5 Å². The average molecular weight is 422 g/mol. The number of carbonyl (C=O) groups excluding carboxylic acids is 1. The molecule has 0 radical (unpaired) electrons. The molecule has 29 heavy (non-hydrogen) atoms. The van der Waals surface area contributed by atoms with E-state index in [1.165, 1.54) is 7.11 Å². The van der Waals surface area contributed by atoms with Gasteiger partial charge in [-0.15, -0.1) is 0 Å². The smallest absolute Gasteiger partial charge is 0.310 e. The standard InChI is InChI=1S/C22H32ClN3O3/c1-4-24-21(26-13-16(2)17(14-26)20(27)28-3)25-15-22(9-11-29-12-10-22)18-7-5-6-8-19(18)23/h5-8,16-17H,4,9-15H2,1-3H3,(H,24,25). The summed E-state index contributed by atoms with van der Waals surface area (Å²) >= 11 is 6.57. The van der Waals surface area contributed by atoms with Gasteiger partial charge in [0.15, 0.2) is 5.96 Å². The lowest BCUT2D eigenvalue weighted by Crippen LogP contribution is -2.43. The normalized spacial score (nSPS) is 24.4. The van der Waals surface area contributed by atoms with Crippen LogP contribution in [-0.2, 0) is 19.7 Å². The van der Waals surface area contributed by atoms with E-state index in [1.807, 2.05) is 18.2 Å². The number of hydrogen-bond donors (Lipinski definition) is 1. The lowest BCUT2D eigenvalue weighted by Gasteiger charge is -2.37. The number of nitrogens with zero attached hydrogens (tertiary/aromatic N) is 2. The van der Waals surface area contributed by atoms with Crippen LogP contribution in [0.15, 0.2) is 29.3 Å². The van der Waals surface area contributed by atoms with Crippen molar-refractivity contribution in [1.82, 2.24) is 10.2 Å². The molecule has 1 aromatic rings. The Hall–Kier alpha value is -1.79. The minimum atomic E-state index is -0.146. The first-order valence-corrected chi connectivity index (χ1v) is 10.8. The molecule has 1 aromatic carbocycles. The van der Waals surface area contributed by atoms with Crippen LogP contribution in [-0.4, -0.2) is 63.3 Å². The molecule has 0 saturated carbocycles. The van der Waals surface area contributed by atoms with Crippen molar-refractivity contribution in [2.24, 2.45) is 16.8 Å². The second-order valence-electron chi connectivity index (χ2n) is 8.05. The summed E-state index contributed by atoms with van der Waals surface area (Å²) in [5.41, 5.74) is 1.01. The van der Waals surface area contributed by atoms with Gasteiger partial charge in [0.2, 0.25) is 0 Å². The Balaban J connectivity index is 1.84. The summed E-state index contributed by atoms with van der Waals surface area (Å²) in [7, 11) is 1.45. The van der Waals surface area contributed by atoms with Crippen molar-refractivity contribution in [3.05, 3.63) is 34.9 Å². The summed E-state index contributed by atoms with van der Waals surface area (Å²) in [5, 5.41) is 4.19. The van der Waals surface area contributed by atoms with Gasteiger partial charge in [-0.1, -0.05) is 36.7 Å². The van der Waals surface area contributed by atoms with Gasteiger partial charge in [0.1, 0.15) is 0 Å². The number of ether oxygens (including phenoxy) is 2. The molecule has 7 heteroatoms. The van der Waals surface area contributed by atoms with Gasteiger partial charge in [-0.05, 0) is 37.3 Å². The lowest BCUT2D eigenvalue weighted by molar-refractivity contribution is -0.145. The number of guanidine groups is 1. The number of benzene rings is 1. The van der Waals surface area contributed by atoms with Crippen molar-refractivity contribution in [3.63, 3.8) is 0 Å². The maximum atomic E-state index is 12.1. The first-order valence-electron chi connectivity index (χ1n) is 10.4. The molecule has 0 amide bonds. The van der Waals surface area contributed by atoms with Gasteiger partial charge in [-0.3, -0.25) is 9.79 Å². The molecule has 1 N–H and O–H groups in total. The first-order chi connectivity index (χ1) is 14.0. The minimum absolute atomic E-state index is 0.121. The van der Waals surface area contributed by atoms with Gasteiger partial charge >= 0.3 is 5.97 Å². The van der Waals surface area contributed by atoms with Gasteiger partial charge in [0.25, 0.3) is 0 Å². The Kier molecular flexibility index (Phi) is 7.41. The van der Waals surface area contributed by atoms with Crippen molar-refractivity contribution in [2.45, 2.75) is 32.1 Å². The van der Waals surface area contributed by atoms with E-state index in [1.54, 1.807) is 0 Å². The summed E-state index contributed by atoms with van der Waals surface area (Å²) in [6.45, 7) is 8.39. The zero-order valence-electron chi connectivity index (χ0n) is 17.6. The largest absolute Gasteiger partial charge is 0.469 e. The second-order valence-corrected chi connectivity index (χ2v) is 8.46. The topological polar surface area (TPSA) is 63.2 Å². The number of rotatable bonds is 5. The van der Waals surface area contributed by atoms with Crippen LogP contribution in [0.5, 0.6) is 0 Å². The first kappa shape index (κ1) is 21.9. The summed E-state index contributed by atoms with van der Waals surface area (Å²) in [5.74, 6) is 0.813. The molecule has 2 heterocycles. The van der Waals surface area contributed by atoms with E-state index in [2.05, 4.69) is 30.1 Å². The number of methoxy groups -OCH3 is 1. The van der Waals surface area contributed by atoms with Gasteiger partial charge in [-0.25, -0.2) is 0 Å². The molecule has 2 aliphatic heterocycles. The van der Waals surface area contributed by atoms with Gasteiger partial charge < -0.3 is 19.7 Å². The van der Waals surface area contributed by atoms with Gasteiger partial charge in [0, 0.05) is 43.3 Å². The third kappa shape index (κ3) is 4.86. The predicted molar refractivity (Wildman–Crippen MR) is 115 cm³/mol. The third-order valence-electron chi connectivity index (χ3n) is 6.18. The van der Waals surface area contributed by atoms with E-state index >= 15 is 0 Å². The zero-order chi connectivity index (χ0) is 20.9. The van der Waals surface area contributed by atoms with Crippen molar-refractivity contribution in [3.8, 4) is 0 Å². The fourth-order valence-electron chi connectivity index (χ4n) is 4.42. The van der Waals surface area contributed by atoms with Crippen LogP contribution in [0.4, 0.5) is 0 Å². The van der Waals surface area contributed by atoms with Crippen molar-refractivity contribution < 1.29 is 14.3 Å². The van der Waals surface area contributed by atoms with Crippen LogP contribution in [0.1, 0.15) is 32.3 Å². The number of likely N-dealkylation sites (tertiary alicyclic amines) is 1. The Morgan fingerprint density at radius 1 is 1.34 bits per heavy atom. The summed E-state index contributed by atoms with van der Waals surface area (Å²) in [6.07, 6.45) is 1.78. The maximum absolute atomic E-state index is 12.1. The van der Waals surface area contributed by atoms with Crippen LogP contribution in [0, 0.1) is 11.8 Å². The number of esters is 1. The van der Waals surface area contributed by atoms with Crippen molar-refractivity contribution in [2.75, 3.05) is 46.5 Å². The summed E-state index contributed by atoms with van der Waals surface area (Å²) in [4.78, 5) is 19.3. The molecule has 3 rings (SSSR count). The van der Waals surface area contributed by atoms with Gasteiger partial charge in [-0.2, -0.15) is 0 Å². The number of carbonyl (C=O) groups is 1. The molecule has 2 unspecified atom stereocenters. The highest BCUT2D eigenvalue weighted by molar-refractivity contribution is 6.31. The molecule has 2 atom stereocenters. The van der Waals surface area contributed by atoms with Gasteiger partial charge in [0.05, 0.1) is 19.6 Å². The minimum Gasteiger partial charge on any atom is -0.469 e. The highest BCUT2D eigenvalue weighted by Crippen LogP contribution is 2.39. The van der Waals surface area contributed by atoms with Crippen LogP contribution in [0.3, 0.4) is 0 Å². The second kappa shape index (κ2) is 9.81. The fourth-order valence-corrected chi connectivity index (χ4v) is 4.75. The fraction of sp³-hybridized carbons (Fsp3) is 0.636. The Morgan fingerprint density at radius 3 is 2.72 bits per heavy atom. The molecule has 2 aliphatic rings. The van der Waals surface area contributed by atoms with Crippen molar-refractivity contribution >= 4 is 23.5 Å². The molecule has 6 nitrogen and oxygen atoms in total. The van der Waals surface area contributed by atoms with E-state index in [9.17, 15) is 4.79 Å². The number of nitrogens with one attached hydrogen (secondary N) is 1. The quantitative estimate of drug-likeness (QED) is 0.449. The highest BCUT2D eigenvalue weighted by Gasteiger charge is 2.39. The Labute approximate surface area is 178 Å². The van der Waals surface area contributed by atoms with Crippen LogP contribution < -0.4 is 5.32 Å². The highest BCUT2D eigenvalue weighted by atomic mass is 35.5. The Bertz CT molecular complexity index is 734.